The molecule has 17 heavy (non-hydrogen) atoms. The summed E-state index contributed by atoms with van der Waals surface area (Å²) in [5, 5.41) is 3.20. The second kappa shape index (κ2) is 6.13. The first kappa shape index (κ1) is 13.4. The summed E-state index contributed by atoms with van der Waals surface area (Å²) in [4.78, 5) is 13.0. The third-order valence-electron chi connectivity index (χ3n) is 2.58. The van der Waals surface area contributed by atoms with Gasteiger partial charge in [-0.15, -0.1) is 0 Å². The normalized spacial score (nSPS) is 9.88. The molecule has 1 N–H and O–H groups in total. The number of carbonyl (C=O) groups excluding carboxylic acids is 1. The van der Waals surface area contributed by atoms with E-state index in [1.54, 1.807) is 0 Å². The minimum atomic E-state index is -0.197. The van der Waals surface area contributed by atoms with Gasteiger partial charge in [-0.1, -0.05) is 6.07 Å². The van der Waals surface area contributed by atoms with E-state index < -0.39 is 0 Å². The van der Waals surface area contributed by atoms with Crippen molar-refractivity contribution in [2.24, 2.45) is 0 Å². The predicted octanol–water partition coefficient (Wildman–Crippen LogP) is 2.04. The summed E-state index contributed by atoms with van der Waals surface area (Å²) in [6.07, 6.45) is 0.377. The highest BCUT2D eigenvalue weighted by molar-refractivity contribution is 5.70. The van der Waals surface area contributed by atoms with E-state index in [2.05, 4.69) is 34.0 Å². The van der Waals surface area contributed by atoms with Crippen LogP contribution >= 0.6 is 0 Å². The zero-order chi connectivity index (χ0) is 12.8. The van der Waals surface area contributed by atoms with Crippen LogP contribution in [0.2, 0.25) is 0 Å². The maximum Gasteiger partial charge on any atom is 0.307 e. The monoisotopic (exact) mass is 236 g/mol. The molecule has 1 aromatic carbocycles. The standard InChI is InChI=1S/C13H20N2O2/c1-10-5-6-11(9-12(10)15(2)3)14-8-7-13(16)17-4/h5-6,9,14H,7-8H2,1-4H3. The molecule has 0 saturated carbocycles. The largest absolute Gasteiger partial charge is 0.469 e. The number of benzene rings is 1. The molecular weight excluding hydrogens is 216 g/mol. The Morgan fingerprint density at radius 3 is 2.71 bits per heavy atom. The number of anilines is 2. The van der Waals surface area contributed by atoms with E-state index in [-0.39, 0.29) is 5.97 Å². The van der Waals surface area contributed by atoms with Gasteiger partial charge in [-0.25, -0.2) is 0 Å². The van der Waals surface area contributed by atoms with Crippen LogP contribution in [0.15, 0.2) is 18.2 Å². The fourth-order valence-corrected chi connectivity index (χ4v) is 1.61. The van der Waals surface area contributed by atoms with Crippen LogP contribution in [-0.2, 0) is 9.53 Å². The molecule has 0 aromatic heterocycles. The van der Waals surface area contributed by atoms with Gasteiger partial charge in [-0.05, 0) is 24.6 Å². The zero-order valence-corrected chi connectivity index (χ0v) is 10.9. The zero-order valence-electron chi connectivity index (χ0n) is 10.9. The summed E-state index contributed by atoms with van der Waals surface area (Å²) in [6.45, 7) is 2.66. The maximum atomic E-state index is 11.0. The van der Waals surface area contributed by atoms with E-state index in [4.69, 9.17) is 0 Å². The van der Waals surface area contributed by atoms with Crippen molar-refractivity contribution in [2.45, 2.75) is 13.3 Å². The molecule has 0 amide bonds. The fourth-order valence-electron chi connectivity index (χ4n) is 1.61. The molecule has 94 valence electrons. The van der Waals surface area contributed by atoms with E-state index in [9.17, 15) is 4.79 Å². The number of aryl methyl sites for hydroxylation is 1. The molecular formula is C13H20N2O2. The average Bonchev–Trinajstić information content (AvgIpc) is 2.30. The van der Waals surface area contributed by atoms with Gasteiger partial charge in [0.1, 0.15) is 0 Å². The van der Waals surface area contributed by atoms with Crippen LogP contribution < -0.4 is 10.2 Å². The lowest BCUT2D eigenvalue weighted by molar-refractivity contribution is -0.140. The summed E-state index contributed by atoms with van der Waals surface area (Å²) in [5.74, 6) is -0.197. The number of hydrogen-bond acceptors (Lipinski definition) is 4. The Morgan fingerprint density at radius 2 is 2.12 bits per heavy atom. The van der Waals surface area contributed by atoms with E-state index in [0.717, 1.165) is 5.69 Å². The number of methoxy groups -OCH3 is 1. The molecule has 1 aromatic rings. The predicted molar refractivity (Wildman–Crippen MR) is 70.6 cm³/mol. The number of nitrogens with zero attached hydrogens (tertiary/aromatic N) is 1. The third-order valence-corrected chi connectivity index (χ3v) is 2.58. The molecule has 0 atom stereocenters. The number of rotatable bonds is 5. The lowest BCUT2D eigenvalue weighted by Gasteiger charge is -2.17. The number of esters is 1. The van der Waals surface area contributed by atoms with Crippen molar-refractivity contribution in [3.05, 3.63) is 23.8 Å². The van der Waals surface area contributed by atoms with Gasteiger partial charge in [-0.2, -0.15) is 0 Å². The van der Waals surface area contributed by atoms with Crippen molar-refractivity contribution in [1.29, 1.82) is 0 Å². The lowest BCUT2D eigenvalue weighted by Crippen LogP contribution is -2.12. The molecule has 0 saturated heterocycles. The highest BCUT2D eigenvalue weighted by Crippen LogP contribution is 2.22. The Labute approximate surface area is 103 Å². The molecule has 0 spiro atoms. The van der Waals surface area contributed by atoms with Gasteiger partial charge in [-0.3, -0.25) is 4.79 Å². The van der Waals surface area contributed by atoms with Crippen molar-refractivity contribution in [2.75, 3.05) is 38.0 Å². The Hall–Kier alpha value is -1.71. The van der Waals surface area contributed by atoms with Gasteiger partial charge in [0.25, 0.3) is 0 Å². The van der Waals surface area contributed by atoms with Gasteiger partial charge in [0.05, 0.1) is 13.5 Å². The second-order valence-electron chi connectivity index (χ2n) is 4.15. The van der Waals surface area contributed by atoms with E-state index >= 15 is 0 Å². The summed E-state index contributed by atoms with van der Waals surface area (Å²) in [7, 11) is 5.43. The Morgan fingerprint density at radius 1 is 1.41 bits per heavy atom. The summed E-state index contributed by atoms with van der Waals surface area (Å²) in [6, 6.07) is 6.15. The van der Waals surface area contributed by atoms with Crippen LogP contribution in [0.5, 0.6) is 0 Å². The molecule has 0 fully saturated rings. The average molecular weight is 236 g/mol. The fraction of sp³-hybridized carbons (Fsp3) is 0.462. The van der Waals surface area contributed by atoms with Gasteiger partial charge in [0.2, 0.25) is 0 Å². The molecule has 4 heteroatoms. The minimum absolute atomic E-state index is 0.197. The molecule has 0 bridgehead atoms. The third kappa shape index (κ3) is 3.98. The van der Waals surface area contributed by atoms with Crippen LogP contribution in [0.4, 0.5) is 11.4 Å². The van der Waals surface area contributed by atoms with Crippen molar-refractivity contribution >= 4 is 17.3 Å². The Kier molecular flexibility index (Phi) is 4.82. The van der Waals surface area contributed by atoms with E-state index in [0.29, 0.717) is 13.0 Å². The first-order valence-corrected chi connectivity index (χ1v) is 5.63. The van der Waals surface area contributed by atoms with Crippen LogP contribution in [0, 0.1) is 6.92 Å². The van der Waals surface area contributed by atoms with Crippen molar-refractivity contribution in [3.8, 4) is 0 Å². The molecule has 0 aliphatic rings. The quantitative estimate of drug-likeness (QED) is 0.794. The first-order valence-electron chi connectivity index (χ1n) is 5.63. The van der Waals surface area contributed by atoms with Crippen LogP contribution in [0.3, 0.4) is 0 Å². The lowest BCUT2D eigenvalue weighted by atomic mass is 10.1. The Bertz CT molecular complexity index is 389. The highest BCUT2D eigenvalue weighted by atomic mass is 16.5. The van der Waals surface area contributed by atoms with Gasteiger partial charge >= 0.3 is 5.97 Å². The molecule has 0 aliphatic heterocycles. The van der Waals surface area contributed by atoms with Crippen molar-refractivity contribution < 1.29 is 9.53 Å². The SMILES string of the molecule is COC(=O)CCNc1ccc(C)c(N(C)C)c1. The first-order chi connectivity index (χ1) is 8.04. The van der Waals surface area contributed by atoms with Crippen LogP contribution in [0.1, 0.15) is 12.0 Å². The van der Waals surface area contributed by atoms with Crippen LogP contribution in [-0.4, -0.2) is 33.7 Å². The second-order valence-corrected chi connectivity index (χ2v) is 4.15. The minimum Gasteiger partial charge on any atom is -0.469 e. The smallest absolute Gasteiger partial charge is 0.307 e. The molecule has 0 unspecified atom stereocenters. The number of nitrogens with one attached hydrogen (secondary N) is 1. The summed E-state index contributed by atoms with van der Waals surface area (Å²) < 4.78 is 4.58. The number of carbonyl (C=O) groups is 1. The highest BCUT2D eigenvalue weighted by Gasteiger charge is 2.03. The Balaban J connectivity index is 2.60. The van der Waals surface area contributed by atoms with E-state index in [1.165, 1.54) is 18.4 Å². The maximum absolute atomic E-state index is 11.0. The molecule has 4 nitrogen and oxygen atoms in total. The molecule has 0 radical (unpaired) electrons. The van der Waals surface area contributed by atoms with Crippen molar-refractivity contribution in [1.82, 2.24) is 0 Å². The van der Waals surface area contributed by atoms with Gasteiger partial charge < -0.3 is 15.0 Å². The number of hydrogen-bond donors (Lipinski definition) is 1. The summed E-state index contributed by atoms with van der Waals surface area (Å²) in [5.41, 5.74) is 3.42. The van der Waals surface area contributed by atoms with Crippen molar-refractivity contribution in [3.63, 3.8) is 0 Å². The topological polar surface area (TPSA) is 41.6 Å². The molecule has 1 rings (SSSR count). The van der Waals surface area contributed by atoms with Crippen LogP contribution in [0.25, 0.3) is 0 Å². The van der Waals surface area contributed by atoms with E-state index in [1.807, 2.05) is 20.2 Å². The van der Waals surface area contributed by atoms with Gasteiger partial charge in [0.15, 0.2) is 0 Å². The number of ether oxygens (including phenoxy) is 1. The molecule has 0 heterocycles. The van der Waals surface area contributed by atoms with Gasteiger partial charge in [0, 0.05) is 32.0 Å². The molecule has 0 aliphatic carbocycles. The summed E-state index contributed by atoms with van der Waals surface area (Å²) >= 11 is 0.